The summed E-state index contributed by atoms with van der Waals surface area (Å²) in [6.07, 6.45) is 2.56. The Bertz CT molecular complexity index is 580. The molecule has 1 radical (unpaired) electrons. The van der Waals surface area contributed by atoms with E-state index in [9.17, 15) is 9.59 Å². The van der Waals surface area contributed by atoms with Crippen LogP contribution in [0.2, 0.25) is 5.02 Å². The van der Waals surface area contributed by atoms with Gasteiger partial charge in [-0.05, 0) is 11.6 Å². The fourth-order valence-electron chi connectivity index (χ4n) is 1.33. The zero-order chi connectivity index (χ0) is 13.0. The van der Waals surface area contributed by atoms with Gasteiger partial charge in [0, 0.05) is 11.6 Å². The minimum atomic E-state index is -0.444. The van der Waals surface area contributed by atoms with E-state index in [1.807, 2.05) is 6.07 Å². The molecule has 0 fully saturated rings. The molecular formula is C12H8ClN2O3. The van der Waals surface area contributed by atoms with Crippen molar-refractivity contribution in [2.45, 2.75) is 6.54 Å². The molecule has 0 saturated heterocycles. The topological polar surface area (TPSA) is 72.2 Å². The highest BCUT2D eigenvalue weighted by Crippen LogP contribution is 2.14. The molecule has 2 aromatic rings. The molecule has 5 nitrogen and oxygen atoms in total. The van der Waals surface area contributed by atoms with Crippen LogP contribution in [-0.2, 0) is 11.3 Å². The largest absolute Gasteiger partial charge is 0.441 e. The molecule has 0 aliphatic carbocycles. The van der Waals surface area contributed by atoms with Crippen molar-refractivity contribution in [1.29, 1.82) is 0 Å². The smallest absolute Gasteiger partial charge is 0.293 e. The van der Waals surface area contributed by atoms with Crippen LogP contribution in [0.4, 0.5) is 0 Å². The first kappa shape index (κ1) is 12.3. The molecule has 0 saturated carbocycles. The quantitative estimate of drug-likeness (QED) is 0.912. The minimum absolute atomic E-state index is 0.0282. The van der Waals surface area contributed by atoms with Gasteiger partial charge in [-0.2, -0.15) is 0 Å². The monoisotopic (exact) mass is 263 g/mol. The van der Waals surface area contributed by atoms with Gasteiger partial charge in [-0.15, -0.1) is 0 Å². The number of rotatable bonds is 4. The van der Waals surface area contributed by atoms with Gasteiger partial charge in [-0.3, -0.25) is 9.59 Å². The summed E-state index contributed by atoms with van der Waals surface area (Å²) in [4.78, 5) is 25.5. The summed E-state index contributed by atoms with van der Waals surface area (Å²) in [5.74, 6) is -0.696. The Morgan fingerprint density at radius 1 is 1.44 bits per heavy atom. The maximum atomic E-state index is 11.7. The minimum Gasteiger partial charge on any atom is -0.441 e. The second-order valence-electron chi connectivity index (χ2n) is 3.41. The number of hydrogen-bond donors (Lipinski definition) is 1. The van der Waals surface area contributed by atoms with Crippen LogP contribution in [0.5, 0.6) is 0 Å². The Labute approximate surface area is 108 Å². The Balaban J connectivity index is 2.00. The first-order valence-electron chi connectivity index (χ1n) is 5.06. The lowest BCUT2D eigenvalue weighted by atomic mass is 10.2. The predicted molar refractivity (Wildman–Crippen MR) is 63.9 cm³/mol. The zero-order valence-electron chi connectivity index (χ0n) is 9.14. The molecule has 91 valence electrons. The molecule has 0 aliphatic heterocycles. The molecule has 1 heterocycles. The van der Waals surface area contributed by atoms with Gasteiger partial charge in [-0.1, -0.05) is 29.8 Å². The van der Waals surface area contributed by atoms with Crippen molar-refractivity contribution >= 4 is 23.8 Å². The highest BCUT2D eigenvalue weighted by atomic mass is 35.5. The molecule has 0 aliphatic rings. The summed E-state index contributed by atoms with van der Waals surface area (Å²) >= 11 is 5.94. The van der Waals surface area contributed by atoms with Crippen LogP contribution in [0.1, 0.15) is 21.9 Å². The number of carbonyl (C=O) groups excluding carboxylic acids is 2. The molecular weight excluding hydrogens is 256 g/mol. The summed E-state index contributed by atoms with van der Waals surface area (Å²) in [5, 5.41) is 3.19. The predicted octanol–water partition coefficient (Wildman–Crippen LogP) is 1.72. The molecule has 1 amide bonds. The molecule has 1 aromatic heterocycles. The van der Waals surface area contributed by atoms with E-state index < -0.39 is 5.91 Å². The maximum absolute atomic E-state index is 11.7. The summed E-state index contributed by atoms with van der Waals surface area (Å²) in [5.41, 5.74) is 0.818. The third-order valence-corrected chi connectivity index (χ3v) is 2.59. The average Bonchev–Trinajstić information content (AvgIpc) is 2.86. The van der Waals surface area contributed by atoms with Gasteiger partial charge in [0.05, 0.1) is 0 Å². The van der Waals surface area contributed by atoms with Crippen molar-refractivity contribution < 1.29 is 14.0 Å². The Morgan fingerprint density at radius 2 is 2.22 bits per heavy atom. The summed E-state index contributed by atoms with van der Waals surface area (Å²) in [7, 11) is 0. The van der Waals surface area contributed by atoms with E-state index in [0.29, 0.717) is 5.02 Å². The lowest BCUT2D eigenvalue weighted by molar-refractivity contribution is 0.0946. The van der Waals surface area contributed by atoms with Crippen molar-refractivity contribution in [1.82, 2.24) is 10.3 Å². The van der Waals surface area contributed by atoms with Gasteiger partial charge in [0.15, 0.2) is 5.69 Å². The van der Waals surface area contributed by atoms with Crippen LogP contribution in [0, 0.1) is 0 Å². The van der Waals surface area contributed by atoms with Crippen molar-refractivity contribution in [3.05, 3.63) is 52.7 Å². The van der Waals surface area contributed by atoms with Gasteiger partial charge in [0.1, 0.15) is 6.26 Å². The van der Waals surface area contributed by atoms with E-state index in [4.69, 9.17) is 11.6 Å². The number of oxazole rings is 1. The first-order chi connectivity index (χ1) is 8.70. The van der Waals surface area contributed by atoms with E-state index in [0.717, 1.165) is 11.8 Å². The van der Waals surface area contributed by atoms with E-state index in [-0.39, 0.29) is 18.1 Å². The van der Waals surface area contributed by atoms with Crippen molar-refractivity contribution in [2.75, 3.05) is 0 Å². The number of hydrogen-bond acceptors (Lipinski definition) is 4. The fourth-order valence-corrected chi connectivity index (χ4v) is 1.54. The van der Waals surface area contributed by atoms with E-state index in [1.165, 1.54) is 6.29 Å². The van der Waals surface area contributed by atoms with Gasteiger partial charge >= 0.3 is 0 Å². The highest BCUT2D eigenvalue weighted by Gasteiger charge is 2.12. The lowest BCUT2D eigenvalue weighted by Crippen LogP contribution is -2.23. The molecule has 2 rings (SSSR count). The highest BCUT2D eigenvalue weighted by molar-refractivity contribution is 6.31. The molecule has 1 aromatic carbocycles. The number of halogens is 1. The molecule has 0 spiro atoms. The van der Waals surface area contributed by atoms with Gasteiger partial charge in [-0.25, -0.2) is 4.98 Å². The second kappa shape index (κ2) is 5.46. The molecule has 0 unspecified atom stereocenters. The van der Waals surface area contributed by atoms with Crippen molar-refractivity contribution in [3.8, 4) is 0 Å². The number of carbonyl (C=O) groups is 1. The van der Waals surface area contributed by atoms with Crippen LogP contribution in [0.3, 0.4) is 0 Å². The third kappa shape index (κ3) is 2.75. The lowest BCUT2D eigenvalue weighted by Gasteiger charge is -2.04. The molecule has 0 bridgehead atoms. The maximum Gasteiger partial charge on any atom is 0.293 e. The Morgan fingerprint density at radius 3 is 2.89 bits per heavy atom. The second-order valence-corrected chi connectivity index (χ2v) is 3.82. The third-order valence-electron chi connectivity index (χ3n) is 2.22. The van der Waals surface area contributed by atoms with Crippen LogP contribution >= 0.6 is 11.6 Å². The number of nitrogens with one attached hydrogen (secondary N) is 1. The van der Waals surface area contributed by atoms with E-state index >= 15 is 0 Å². The van der Waals surface area contributed by atoms with Gasteiger partial charge in [0.2, 0.25) is 0 Å². The first-order valence-corrected chi connectivity index (χ1v) is 5.44. The van der Waals surface area contributed by atoms with Crippen molar-refractivity contribution in [2.24, 2.45) is 0 Å². The van der Waals surface area contributed by atoms with Crippen LogP contribution in [0.25, 0.3) is 0 Å². The number of amides is 1. The fraction of sp³-hybridized carbons (Fsp3) is 0.0833. The zero-order valence-corrected chi connectivity index (χ0v) is 9.90. The van der Waals surface area contributed by atoms with E-state index in [2.05, 4.69) is 14.7 Å². The van der Waals surface area contributed by atoms with Crippen LogP contribution in [-0.4, -0.2) is 17.2 Å². The molecule has 6 heteroatoms. The molecule has 18 heavy (non-hydrogen) atoms. The Kier molecular flexibility index (Phi) is 3.74. The SMILES string of the molecule is O=[C]c1nc(C(=O)NCc2ccccc2Cl)co1. The van der Waals surface area contributed by atoms with E-state index in [1.54, 1.807) is 18.2 Å². The van der Waals surface area contributed by atoms with Crippen LogP contribution in [0.15, 0.2) is 34.9 Å². The van der Waals surface area contributed by atoms with Gasteiger partial charge in [0.25, 0.3) is 18.1 Å². The summed E-state index contributed by atoms with van der Waals surface area (Å²) in [6.45, 7) is 0.269. The summed E-state index contributed by atoms with van der Waals surface area (Å²) < 4.78 is 4.69. The summed E-state index contributed by atoms with van der Waals surface area (Å²) in [6, 6.07) is 7.16. The standard InChI is InChI=1S/C12H8ClN2O3/c13-9-4-2-1-3-8(9)5-14-12(17)10-7-18-11(6-16)15-10/h1-4,7H,5H2,(H,14,17). The molecule has 0 atom stereocenters. The molecule has 1 N–H and O–H groups in total. The van der Waals surface area contributed by atoms with Crippen LogP contribution < -0.4 is 5.32 Å². The average molecular weight is 264 g/mol. The van der Waals surface area contributed by atoms with Gasteiger partial charge < -0.3 is 9.73 Å². The Hall–Kier alpha value is -2.14. The number of benzene rings is 1. The number of aromatic nitrogens is 1. The normalized spacial score (nSPS) is 10.1. The van der Waals surface area contributed by atoms with Crippen molar-refractivity contribution in [3.63, 3.8) is 0 Å². The number of nitrogens with zero attached hydrogens (tertiary/aromatic N) is 1.